The van der Waals surface area contributed by atoms with Crippen LogP contribution in [-0.2, 0) is 4.79 Å². The molecular weight excluding hydrogens is 133 g/mol. The first-order chi connectivity index (χ1) is 3.85. The molecule has 1 amide bonds. The molecule has 0 aromatic heterocycles. The fourth-order valence-electron chi connectivity index (χ4n) is 0.249. The summed E-state index contributed by atoms with van der Waals surface area (Å²) in [6, 6.07) is 0.0629. The van der Waals surface area contributed by atoms with Crippen molar-refractivity contribution < 1.29 is 9.18 Å². The first-order valence-corrected chi connectivity index (χ1v) is 2.70. The van der Waals surface area contributed by atoms with Crippen molar-refractivity contribution >= 4 is 18.0 Å². The zero-order valence-corrected chi connectivity index (χ0v) is 5.07. The molecule has 8 heavy (non-hydrogen) atoms. The zero-order chi connectivity index (χ0) is 6.41. The molecule has 0 spiro atoms. The third kappa shape index (κ3) is 2.80. The lowest BCUT2D eigenvalue weighted by Crippen LogP contribution is -2.22. The van der Waals surface area contributed by atoms with Crippen LogP contribution >= 0.6 is 11.6 Å². The average Bonchev–Trinajstić information content (AvgIpc) is 1.83. The summed E-state index contributed by atoms with van der Waals surface area (Å²) in [4.78, 5) is 10.9. The fourth-order valence-corrected chi connectivity index (χ4v) is 0.425. The van der Waals surface area contributed by atoms with Crippen LogP contribution in [0.15, 0.2) is 0 Å². The van der Waals surface area contributed by atoms with E-state index in [4.69, 9.17) is 11.6 Å². The van der Waals surface area contributed by atoms with Gasteiger partial charge in [0.1, 0.15) is 6.67 Å². The third-order valence-electron chi connectivity index (χ3n) is 0.674. The Morgan fingerprint density at radius 3 is 2.50 bits per heavy atom. The van der Waals surface area contributed by atoms with Gasteiger partial charge in [-0.05, 0) is 0 Å². The Kier molecular flexibility index (Phi) is 4.65. The molecule has 0 unspecified atom stereocenters. The highest BCUT2D eigenvalue weighted by Crippen LogP contribution is 1.84. The van der Waals surface area contributed by atoms with Gasteiger partial charge in [-0.1, -0.05) is 0 Å². The molecule has 0 bridgehead atoms. The topological polar surface area (TPSA) is 20.3 Å². The monoisotopic (exact) mass is 139 g/mol. The molecule has 0 heterocycles. The van der Waals surface area contributed by atoms with Gasteiger partial charge in [0.05, 0.1) is 6.00 Å². The summed E-state index contributed by atoms with van der Waals surface area (Å²) in [6.07, 6.45) is 0.520. The molecule has 4 heteroatoms. The van der Waals surface area contributed by atoms with Crippen LogP contribution in [0.3, 0.4) is 0 Å². The smallest absolute Gasteiger partial charge is 0.210 e. The van der Waals surface area contributed by atoms with E-state index in [0.717, 1.165) is 4.90 Å². The lowest BCUT2D eigenvalue weighted by molar-refractivity contribution is -0.117. The van der Waals surface area contributed by atoms with Crippen molar-refractivity contribution in [2.75, 3.05) is 19.2 Å². The van der Waals surface area contributed by atoms with E-state index in [-0.39, 0.29) is 12.5 Å². The van der Waals surface area contributed by atoms with Crippen molar-refractivity contribution in [3.63, 3.8) is 0 Å². The second-order valence-electron chi connectivity index (χ2n) is 1.23. The van der Waals surface area contributed by atoms with Gasteiger partial charge in [-0.25, -0.2) is 4.39 Å². The van der Waals surface area contributed by atoms with Crippen LogP contribution in [0, 0.1) is 0 Å². The van der Waals surface area contributed by atoms with Crippen LogP contribution < -0.4 is 0 Å². The first-order valence-electron chi connectivity index (χ1n) is 2.16. The van der Waals surface area contributed by atoms with Gasteiger partial charge in [-0.2, -0.15) is 0 Å². The number of halogens is 2. The number of carbonyl (C=O) groups excluding carboxylic acids is 1. The molecular formula is C4H7ClFNO. The molecule has 0 aromatic rings. The Hall–Kier alpha value is -0.310. The Morgan fingerprint density at radius 1 is 1.75 bits per heavy atom. The summed E-state index contributed by atoms with van der Waals surface area (Å²) >= 11 is 5.17. The highest BCUT2D eigenvalue weighted by molar-refractivity contribution is 6.18. The Labute approximate surface area is 52.2 Å². The van der Waals surface area contributed by atoms with Crippen molar-refractivity contribution in [2.45, 2.75) is 0 Å². The lowest BCUT2D eigenvalue weighted by Gasteiger charge is -2.08. The predicted octanol–water partition coefficient (Wildman–Crippen LogP) is 0.611. The molecule has 0 saturated heterocycles. The van der Waals surface area contributed by atoms with Crippen LogP contribution in [0.4, 0.5) is 4.39 Å². The maximum Gasteiger partial charge on any atom is 0.210 e. The van der Waals surface area contributed by atoms with Crippen LogP contribution in [0.1, 0.15) is 0 Å². The van der Waals surface area contributed by atoms with E-state index >= 15 is 0 Å². The summed E-state index contributed by atoms with van der Waals surface area (Å²) in [7, 11) is 0. The molecule has 2 nitrogen and oxygen atoms in total. The van der Waals surface area contributed by atoms with Crippen molar-refractivity contribution in [3.8, 4) is 0 Å². The largest absolute Gasteiger partial charge is 0.329 e. The number of alkyl halides is 2. The van der Waals surface area contributed by atoms with Crippen LogP contribution in [0.5, 0.6) is 0 Å². The van der Waals surface area contributed by atoms with Crippen LogP contribution in [0.2, 0.25) is 0 Å². The number of hydrogen-bond acceptors (Lipinski definition) is 1. The van der Waals surface area contributed by atoms with E-state index in [0.29, 0.717) is 6.41 Å². The molecule has 0 fully saturated rings. The highest BCUT2D eigenvalue weighted by atomic mass is 35.5. The van der Waals surface area contributed by atoms with Crippen molar-refractivity contribution in [3.05, 3.63) is 0 Å². The Morgan fingerprint density at radius 2 is 2.38 bits per heavy atom. The number of nitrogens with zero attached hydrogens (tertiary/aromatic N) is 1. The molecule has 0 aliphatic carbocycles. The summed E-state index contributed by atoms with van der Waals surface area (Å²) in [5.74, 6) is 0. The Balaban J connectivity index is 3.21. The standard InChI is InChI=1S/C4H7ClFNO/c5-3-7(4-8)2-1-6/h4H,1-3H2. The molecule has 0 atom stereocenters. The Bertz CT molecular complexity index is 71.1. The second-order valence-corrected chi connectivity index (χ2v) is 1.47. The van der Waals surface area contributed by atoms with Gasteiger partial charge in [0.15, 0.2) is 0 Å². The summed E-state index contributed by atoms with van der Waals surface area (Å²) < 4.78 is 11.4. The second kappa shape index (κ2) is 4.84. The summed E-state index contributed by atoms with van der Waals surface area (Å²) in [6.45, 7) is -0.446. The van der Waals surface area contributed by atoms with Gasteiger partial charge in [0, 0.05) is 6.54 Å². The molecule has 0 aromatic carbocycles. The van der Waals surface area contributed by atoms with Gasteiger partial charge in [-0.3, -0.25) is 4.79 Å². The van der Waals surface area contributed by atoms with E-state index in [1.807, 2.05) is 0 Å². The average molecular weight is 140 g/mol. The fraction of sp³-hybridized carbons (Fsp3) is 0.750. The van der Waals surface area contributed by atoms with Crippen LogP contribution in [0.25, 0.3) is 0 Å². The summed E-state index contributed by atoms with van der Waals surface area (Å²) in [5.41, 5.74) is 0. The minimum atomic E-state index is -0.536. The molecule has 0 rings (SSSR count). The van der Waals surface area contributed by atoms with Crippen LogP contribution in [-0.4, -0.2) is 30.5 Å². The molecule has 0 saturated carbocycles. The van der Waals surface area contributed by atoms with E-state index in [2.05, 4.69) is 0 Å². The quantitative estimate of drug-likeness (QED) is 0.318. The molecule has 0 aliphatic heterocycles. The first kappa shape index (κ1) is 7.69. The van der Waals surface area contributed by atoms with Gasteiger partial charge in [-0.15, -0.1) is 11.6 Å². The number of hydrogen-bond donors (Lipinski definition) is 0. The van der Waals surface area contributed by atoms with E-state index in [1.54, 1.807) is 0 Å². The number of carbonyl (C=O) groups is 1. The molecule has 48 valence electrons. The normalized spacial score (nSPS) is 8.75. The highest BCUT2D eigenvalue weighted by Gasteiger charge is 1.94. The van der Waals surface area contributed by atoms with Crippen molar-refractivity contribution in [2.24, 2.45) is 0 Å². The van der Waals surface area contributed by atoms with E-state index < -0.39 is 6.67 Å². The van der Waals surface area contributed by atoms with Gasteiger partial charge in [0.2, 0.25) is 6.41 Å². The number of rotatable bonds is 4. The lowest BCUT2D eigenvalue weighted by atomic mass is 10.7. The maximum absolute atomic E-state index is 11.4. The van der Waals surface area contributed by atoms with Crippen molar-refractivity contribution in [1.82, 2.24) is 4.90 Å². The molecule has 0 N–H and O–H groups in total. The predicted molar refractivity (Wildman–Crippen MR) is 29.5 cm³/mol. The minimum Gasteiger partial charge on any atom is -0.329 e. The van der Waals surface area contributed by atoms with Gasteiger partial charge >= 0.3 is 0 Å². The maximum atomic E-state index is 11.4. The third-order valence-corrected chi connectivity index (χ3v) is 0.981. The van der Waals surface area contributed by atoms with E-state index in [9.17, 15) is 9.18 Å². The SMILES string of the molecule is O=CN(CCl)CCF. The number of amides is 1. The summed E-state index contributed by atoms with van der Waals surface area (Å²) in [5, 5.41) is 0. The molecule has 0 aliphatic rings. The van der Waals surface area contributed by atoms with E-state index in [1.165, 1.54) is 0 Å². The van der Waals surface area contributed by atoms with Gasteiger partial charge in [0.25, 0.3) is 0 Å². The van der Waals surface area contributed by atoms with Crippen molar-refractivity contribution in [1.29, 1.82) is 0 Å². The molecule has 0 radical (unpaired) electrons. The zero-order valence-electron chi connectivity index (χ0n) is 4.31. The minimum absolute atomic E-state index is 0.0629. The van der Waals surface area contributed by atoms with Gasteiger partial charge < -0.3 is 4.90 Å².